The third-order valence-electron chi connectivity index (χ3n) is 1.90. The molecule has 0 aromatic rings. The molecule has 0 fully saturated rings. The molecule has 0 bridgehead atoms. The Hall–Kier alpha value is -0.650. The van der Waals surface area contributed by atoms with Gasteiger partial charge in [0, 0.05) is 19.5 Å². The van der Waals surface area contributed by atoms with Crippen LogP contribution in [0, 0.1) is 23.2 Å². The summed E-state index contributed by atoms with van der Waals surface area (Å²) in [7, 11) is -2.50. The Morgan fingerprint density at radius 3 is 1.67 bits per heavy atom. The molecule has 0 N–H and O–H groups in total. The van der Waals surface area contributed by atoms with Crippen LogP contribution in [-0.4, -0.2) is 6.66 Å². The quantitative estimate of drug-likeness (QED) is 0.395. The summed E-state index contributed by atoms with van der Waals surface area (Å²) in [6.07, 6.45) is 6.10. The van der Waals surface area contributed by atoms with Crippen molar-refractivity contribution in [2.75, 3.05) is 6.66 Å². The first-order chi connectivity index (χ1) is 7.12. The normalized spacial score (nSPS) is 9.80. The first-order valence-corrected chi connectivity index (χ1v) is 7.85. The lowest BCUT2D eigenvalue weighted by molar-refractivity contribution is 0.591. The van der Waals surface area contributed by atoms with Crippen LogP contribution in [0.4, 0.5) is 0 Å². The minimum atomic E-state index is -2.50. The third-order valence-corrected chi connectivity index (χ3v) is 3.07. The molecule has 0 aromatic carbocycles. The van der Waals surface area contributed by atoms with E-state index in [1.54, 1.807) is 6.66 Å². The van der Waals surface area contributed by atoms with E-state index in [2.05, 4.69) is 37.0 Å². The number of rotatable bonds is 4. The molecular weight excluding hydrogens is 203 g/mol. The Morgan fingerprint density at radius 1 is 0.933 bits per heavy atom. The van der Waals surface area contributed by atoms with Gasteiger partial charge in [-0.05, 0) is 24.2 Å². The highest BCUT2D eigenvalue weighted by Gasteiger charge is 2.04. The SMILES string of the molecule is CCCCC#CP(C)(=O)C#CCCCC. The van der Waals surface area contributed by atoms with Crippen LogP contribution in [0.5, 0.6) is 0 Å². The lowest BCUT2D eigenvalue weighted by Gasteiger charge is -1.92. The molecule has 0 aliphatic carbocycles. The van der Waals surface area contributed by atoms with Crippen molar-refractivity contribution in [1.29, 1.82) is 0 Å². The zero-order valence-electron chi connectivity index (χ0n) is 10.1. The van der Waals surface area contributed by atoms with Crippen LogP contribution >= 0.6 is 7.14 Å². The Kier molecular flexibility index (Phi) is 8.27. The fourth-order valence-electron chi connectivity index (χ4n) is 0.972. The van der Waals surface area contributed by atoms with Crippen LogP contribution in [0.3, 0.4) is 0 Å². The molecule has 0 aliphatic heterocycles. The molecule has 0 saturated carbocycles. The summed E-state index contributed by atoms with van der Waals surface area (Å²) >= 11 is 0. The molecule has 0 unspecified atom stereocenters. The second-order valence-corrected chi connectivity index (χ2v) is 6.00. The van der Waals surface area contributed by atoms with Crippen molar-refractivity contribution >= 4 is 7.14 Å². The smallest absolute Gasteiger partial charge is 0.219 e. The molecule has 0 spiro atoms. The molecule has 1 nitrogen and oxygen atoms in total. The maximum atomic E-state index is 11.8. The van der Waals surface area contributed by atoms with E-state index >= 15 is 0 Å². The van der Waals surface area contributed by atoms with E-state index in [9.17, 15) is 4.57 Å². The van der Waals surface area contributed by atoms with Crippen LogP contribution in [0.15, 0.2) is 0 Å². The van der Waals surface area contributed by atoms with Gasteiger partial charge in [0.05, 0.1) is 0 Å². The fourth-order valence-corrected chi connectivity index (χ4v) is 1.85. The largest absolute Gasteiger partial charge is 0.296 e. The molecule has 0 aromatic heterocycles. The maximum absolute atomic E-state index is 11.8. The highest BCUT2D eigenvalue weighted by atomic mass is 31.2. The Morgan fingerprint density at radius 2 is 1.33 bits per heavy atom. The lowest BCUT2D eigenvalue weighted by atomic mass is 10.3. The molecule has 2 heteroatoms. The molecular formula is C13H21OP. The van der Waals surface area contributed by atoms with Gasteiger partial charge in [-0.25, -0.2) is 0 Å². The minimum absolute atomic E-state index is 0.838. The lowest BCUT2D eigenvalue weighted by Crippen LogP contribution is -1.72. The standard InChI is InChI=1S/C13H21OP/c1-4-6-8-10-12-15(3,14)13-11-9-7-5-2/h4-9H2,1-3H3. The fraction of sp³-hybridized carbons (Fsp3) is 0.692. The van der Waals surface area contributed by atoms with E-state index in [0.29, 0.717) is 0 Å². The Balaban J connectivity index is 4.07. The summed E-state index contributed by atoms with van der Waals surface area (Å²) in [5.41, 5.74) is 5.61. The first-order valence-electron chi connectivity index (χ1n) is 5.70. The zero-order valence-corrected chi connectivity index (χ0v) is 11.0. The molecule has 15 heavy (non-hydrogen) atoms. The number of hydrogen-bond acceptors (Lipinski definition) is 1. The Labute approximate surface area is 94.4 Å². The first kappa shape index (κ1) is 14.3. The van der Waals surface area contributed by atoms with Gasteiger partial charge in [0.1, 0.15) is 0 Å². The summed E-state index contributed by atoms with van der Waals surface area (Å²) < 4.78 is 11.8. The van der Waals surface area contributed by atoms with Crippen LogP contribution in [0.1, 0.15) is 52.4 Å². The van der Waals surface area contributed by atoms with Crippen molar-refractivity contribution in [3.05, 3.63) is 0 Å². The summed E-state index contributed by atoms with van der Waals surface area (Å²) in [4.78, 5) is 0. The van der Waals surface area contributed by atoms with Crippen LogP contribution in [0.2, 0.25) is 0 Å². The summed E-state index contributed by atoms with van der Waals surface area (Å²) in [6, 6.07) is 0. The number of unbranched alkanes of at least 4 members (excludes halogenated alkanes) is 4. The topological polar surface area (TPSA) is 17.1 Å². The van der Waals surface area contributed by atoms with Gasteiger partial charge in [0.15, 0.2) is 0 Å². The molecule has 0 saturated heterocycles. The van der Waals surface area contributed by atoms with E-state index in [4.69, 9.17) is 0 Å². The summed E-state index contributed by atoms with van der Waals surface area (Å²) in [5.74, 6) is 5.90. The second-order valence-electron chi connectivity index (χ2n) is 3.71. The molecule has 0 atom stereocenters. The van der Waals surface area contributed by atoms with Crippen molar-refractivity contribution in [3.63, 3.8) is 0 Å². The highest BCUT2D eigenvalue weighted by molar-refractivity contribution is 7.73. The molecule has 0 rings (SSSR count). The molecule has 0 amide bonds. The zero-order chi connectivity index (χ0) is 11.6. The van der Waals surface area contributed by atoms with E-state index in [-0.39, 0.29) is 0 Å². The van der Waals surface area contributed by atoms with Crippen molar-refractivity contribution in [2.45, 2.75) is 52.4 Å². The Bertz CT molecular complexity index is 292. The second kappa shape index (κ2) is 8.64. The predicted octanol–water partition coefficient (Wildman–Crippen LogP) is 4.28. The van der Waals surface area contributed by atoms with Crippen molar-refractivity contribution in [1.82, 2.24) is 0 Å². The monoisotopic (exact) mass is 224 g/mol. The third kappa shape index (κ3) is 9.65. The minimum Gasteiger partial charge on any atom is -0.296 e. The van der Waals surface area contributed by atoms with Gasteiger partial charge >= 0.3 is 0 Å². The van der Waals surface area contributed by atoms with Gasteiger partial charge in [-0.2, -0.15) is 0 Å². The predicted molar refractivity (Wildman–Crippen MR) is 68.1 cm³/mol. The van der Waals surface area contributed by atoms with E-state index in [1.807, 2.05) is 0 Å². The average molecular weight is 224 g/mol. The molecule has 84 valence electrons. The number of hydrogen-bond donors (Lipinski definition) is 0. The van der Waals surface area contributed by atoms with Crippen LogP contribution in [-0.2, 0) is 4.57 Å². The van der Waals surface area contributed by atoms with Gasteiger partial charge in [-0.3, -0.25) is 4.57 Å². The molecule has 0 radical (unpaired) electrons. The van der Waals surface area contributed by atoms with E-state index in [0.717, 1.165) is 38.5 Å². The maximum Gasteiger partial charge on any atom is 0.219 e. The van der Waals surface area contributed by atoms with Crippen molar-refractivity contribution in [2.24, 2.45) is 0 Å². The highest BCUT2D eigenvalue weighted by Crippen LogP contribution is 2.37. The van der Waals surface area contributed by atoms with Crippen LogP contribution < -0.4 is 0 Å². The van der Waals surface area contributed by atoms with Gasteiger partial charge in [0.25, 0.3) is 0 Å². The van der Waals surface area contributed by atoms with Gasteiger partial charge in [-0.1, -0.05) is 38.5 Å². The van der Waals surface area contributed by atoms with Gasteiger partial charge in [-0.15, -0.1) is 0 Å². The molecule has 0 aliphatic rings. The molecule has 0 heterocycles. The van der Waals surface area contributed by atoms with E-state index < -0.39 is 7.14 Å². The van der Waals surface area contributed by atoms with Crippen LogP contribution in [0.25, 0.3) is 0 Å². The van der Waals surface area contributed by atoms with Gasteiger partial charge < -0.3 is 0 Å². The van der Waals surface area contributed by atoms with Crippen molar-refractivity contribution in [3.8, 4) is 23.2 Å². The van der Waals surface area contributed by atoms with Crippen molar-refractivity contribution < 1.29 is 4.57 Å². The summed E-state index contributed by atoms with van der Waals surface area (Å²) in [6.45, 7) is 5.90. The van der Waals surface area contributed by atoms with E-state index in [1.165, 1.54) is 0 Å². The van der Waals surface area contributed by atoms with Gasteiger partial charge in [0.2, 0.25) is 7.14 Å². The average Bonchev–Trinajstić information content (AvgIpc) is 2.20. The summed E-state index contributed by atoms with van der Waals surface area (Å²) in [5, 5.41) is 0.